The van der Waals surface area contributed by atoms with Gasteiger partial charge in [-0.2, -0.15) is 18.4 Å². The molecular formula is C52H65F3N8O7S. The van der Waals surface area contributed by atoms with Crippen LogP contribution in [0.3, 0.4) is 0 Å². The first kappa shape index (κ1) is 54.2. The van der Waals surface area contributed by atoms with Crippen molar-refractivity contribution in [3.63, 3.8) is 0 Å². The minimum absolute atomic E-state index is 0.0344. The molecule has 1 saturated carbocycles. The SMILES string of the molecule is Cc1ncsc1-c1ccc([C@H](C)NC(=O)[C@@H]2C[C@@H](O)CN2C(=O)[C@@H](NC(=O)COCCCCCNc2ccc(C(=O)NC3C(C)(C)C(Oc4cnc(C#N)c(C(F)(F)F)c4)C3(C)C)cc2)C(C)(C)C)cc1. The summed E-state index contributed by atoms with van der Waals surface area (Å²) >= 11 is 1.56. The van der Waals surface area contributed by atoms with E-state index in [4.69, 9.17) is 14.7 Å². The number of benzene rings is 2. The summed E-state index contributed by atoms with van der Waals surface area (Å²) in [7, 11) is 0. The number of alkyl halides is 3. The number of unbranched alkanes of at least 4 members (excludes halogenated alkanes) is 2. The number of pyridine rings is 1. The number of hydrogen-bond donors (Lipinski definition) is 5. The first-order chi connectivity index (χ1) is 33.3. The predicted molar refractivity (Wildman–Crippen MR) is 263 cm³/mol. The second kappa shape index (κ2) is 22.1. The molecule has 6 rings (SSSR count). The van der Waals surface area contributed by atoms with Gasteiger partial charge in [0.1, 0.15) is 36.6 Å². The lowest BCUT2D eigenvalue weighted by Gasteiger charge is -2.63. The van der Waals surface area contributed by atoms with Crippen molar-refractivity contribution >= 4 is 40.7 Å². The summed E-state index contributed by atoms with van der Waals surface area (Å²) in [4.78, 5) is 64.6. The lowest BCUT2D eigenvalue weighted by molar-refractivity contribution is -0.165. The van der Waals surface area contributed by atoms with Crippen molar-refractivity contribution in [1.29, 1.82) is 5.26 Å². The van der Waals surface area contributed by atoms with Crippen LogP contribution >= 0.6 is 11.3 Å². The van der Waals surface area contributed by atoms with Gasteiger partial charge in [-0.3, -0.25) is 19.2 Å². The zero-order valence-corrected chi connectivity index (χ0v) is 42.5. The topological polar surface area (TPSA) is 208 Å². The molecule has 0 bridgehead atoms. The van der Waals surface area contributed by atoms with Crippen LogP contribution in [0.15, 0.2) is 66.3 Å². The molecule has 0 spiro atoms. The third kappa shape index (κ3) is 12.9. The van der Waals surface area contributed by atoms with Gasteiger partial charge in [0.15, 0.2) is 5.69 Å². The normalized spacial score (nSPS) is 20.2. The van der Waals surface area contributed by atoms with E-state index in [2.05, 4.69) is 31.2 Å². The van der Waals surface area contributed by atoms with Gasteiger partial charge < -0.3 is 40.7 Å². The maximum Gasteiger partial charge on any atom is 0.419 e. The third-order valence-electron chi connectivity index (χ3n) is 13.4. The highest BCUT2D eigenvalue weighted by atomic mass is 32.1. The summed E-state index contributed by atoms with van der Waals surface area (Å²) in [5, 5.41) is 32.0. The maximum absolute atomic E-state index is 14.1. The Morgan fingerprint density at radius 3 is 2.25 bits per heavy atom. The molecular weight excluding hydrogens is 938 g/mol. The van der Waals surface area contributed by atoms with Crippen LogP contribution in [-0.4, -0.2) is 100 Å². The number of ether oxygens (including phenoxy) is 2. The number of likely N-dealkylation sites (tertiary alicyclic amines) is 1. The number of anilines is 1. The van der Waals surface area contributed by atoms with Crippen LogP contribution in [0, 0.1) is 34.5 Å². The van der Waals surface area contributed by atoms with E-state index in [9.17, 15) is 37.5 Å². The fourth-order valence-electron chi connectivity index (χ4n) is 9.83. The van der Waals surface area contributed by atoms with Crippen LogP contribution < -0.4 is 26.0 Å². The molecule has 4 atom stereocenters. The number of aliphatic hydroxyl groups is 1. The van der Waals surface area contributed by atoms with Gasteiger partial charge >= 0.3 is 6.18 Å². The maximum atomic E-state index is 14.1. The van der Waals surface area contributed by atoms with Crippen LogP contribution in [0.1, 0.15) is 120 Å². The number of amides is 4. The van der Waals surface area contributed by atoms with E-state index in [0.717, 1.165) is 52.5 Å². The Hall–Kier alpha value is -6.10. The molecule has 5 N–H and O–H groups in total. The Labute approximate surface area is 417 Å². The van der Waals surface area contributed by atoms with Crippen molar-refractivity contribution in [3.05, 3.63) is 94.4 Å². The highest BCUT2D eigenvalue weighted by molar-refractivity contribution is 7.13. The van der Waals surface area contributed by atoms with Crippen molar-refractivity contribution in [2.24, 2.45) is 16.2 Å². The van der Waals surface area contributed by atoms with E-state index in [-0.39, 0.29) is 49.2 Å². The molecule has 2 aromatic heterocycles. The molecule has 4 aromatic rings. The Kier molecular flexibility index (Phi) is 16.9. The number of halogens is 3. The Balaban J connectivity index is 0.893. The molecule has 2 aliphatic rings. The molecule has 382 valence electrons. The first-order valence-corrected chi connectivity index (χ1v) is 24.7. The molecule has 3 heterocycles. The molecule has 2 fully saturated rings. The molecule has 19 heteroatoms. The first-order valence-electron chi connectivity index (χ1n) is 23.8. The second-order valence-corrected chi connectivity index (χ2v) is 21.6. The number of hydrogen-bond acceptors (Lipinski definition) is 12. The summed E-state index contributed by atoms with van der Waals surface area (Å²) in [5.41, 5.74) is 1.98. The molecule has 1 aliphatic heterocycles. The average molecular weight is 1000 g/mol. The van der Waals surface area contributed by atoms with Crippen LogP contribution in [0.2, 0.25) is 0 Å². The third-order valence-corrected chi connectivity index (χ3v) is 14.4. The van der Waals surface area contributed by atoms with E-state index in [1.54, 1.807) is 41.1 Å². The number of β-amino-alcohol motifs (C(OH)–C–C–N with tert-alkyl or cyclic N) is 1. The van der Waals surface area contributed by atoms with Gasteiger partial charge in [0.25, 0.3) is 5.91 Å². The van der Waals surface area contributed by atoms with Gasteiger partial charge in [-0.25, -0.2) is 9.97 Å². The molecule has 71 heavy (non-hydrogen) atoms. The van der Waals surface area contributed by atoms with Crippen LogP contribution in [-0.2, 0) is 25.3 Å². The highest BCUT2D eigenvalue weighted by Gasteiger charge is 2.64. The molecule has 1 saturated heterocycles. The number of nitriles is 1. The van der Waals surface area contributed by atoms with Gasteiger partial charge in [-0.15, -0.1) is 11.3 Å². The second-order valence-electron chi connectivity index (χ2n) is 20.7. The number of rotatable bonds is 19. The van der Waals surface area contributed by atoms with E-state index in [1.807, 2.05) is 86.6 Å². The lowest BCUT2D eigenvalue weighted by Crippen LogP contribution is -2.74. The van der Waals surface area contributed by atoms with Crippen LogP contribution in [0.25, 0.3) is 10.4 Å². The zero-order valence-electron chi connectivity index (χ0n) is 41.7. The number of nitrogens with one attached hydrogen (secondary N) is 4. The van der Waals surface area contributed by atoms with Crippen molar-refractivity contribution in [3.8, 4) is 22.3 Å². The largest absolute Gasteiger partial charge is 0.488 e. The fraction of sp³-hybridized carbons (Fsp3) is 0.519. The minimum Gasteiger partial charge on any atom is -0.488 e. The van der Waals surface area contributed by atoms with Crippen molar-refractivity contribution < 1.29 is 46.9 Å². The zero-order chi connectivity index (χ0) is 52.1. The van der Waals surface area contributed by atoms with E-state index in [0.29, 0.717) is 25.1 Å². The molecule has 4 amide bonds. The van der Waals surface area contributed by atoms with Gasteiger partial charge in [-0.05, 0) is 80.0 Å². The number of thiazole rings is 1. The lowest BCUT2D eigenvalue weighted by atomic mass is 9.49. The number of aliphatic hydroxyl groups excluding tert-OH is 1. The van der Waals surface area contributed by atoms with Gasteiger partial charge in [0.05, 0.1) is 40.0 Å². The number of aryl methyl sites for hydroxylation is 1. The fourth-order valence-corrected chi connectivity index (χ4v) is 10.6. The minimum atomic E-state index is -4.78. The van der Waals surface area contributed by atoms with E-state index < -0.39 is 69.8 Å². The summed E-state index contributed by atoms with van der Waals surface area (Å²) < 4.78 is 52.4. The monoisotopic (exact) mass is 1000 g/mol. The van der Waals surface area contributed by atoms with E-state index in [1.165, 1.54) is 11.0 Å². The van der Waals surface area contributed by atoms with Gasteiger partial charge in [0.2, 0.25) is 17.7 Å². The summed E-state index contributed by atoms with van der Waals surface area (Å²) in [6.07, 6.45) is -2.77. The highest BCUT2D eigenvalue weighted by Crippen LogP contribution is 2.55. The standard InChI is InChI=1S/C52H65F3N8O7S/c1-30(32-13-15-33(16-14-32)42-31(2)59-29-71-42)60-45(67)40-23-36(64)27-63(40)46(68)43(49(3,4)5)61-41(65)28-69-22-12-10-11-21-57-35-19-17-34(18-20-35)44(66)62-47-50(6,7)48(51(47,8)9)70-37-24-38(52(53,54)55)39(25-56)58-26-37/h13-20,24,26,29-30,36,40,43,47-48,57,64H,10-12,21-23,27-28H2,1-9H3,(H,60,67)(H,61,65)(H,62,66)/t30-,36+,40-,43+,47?,48?/m0/s1. The molecule has 1 aliphatic carbocycles. The van der Waals surface area contributed by atoms with Crippen molar-refractivity contribution in [2.45, 2.75) is 131 Å². The number of carbonyl (C=O) groups is 4. The van der Waals surface area contributed by atoms with Crippen LogP contribution in [0.5, 0.6) is 5.75 Å². The number of nitrogens with zero attached hydrogens (tertiary/aromatic N) is 4. The Bertz CT molecular complexity index is 2560. The Morgan fingerprint density at radius 2 is 1.65 bits per heavy atom. The summed E-state index contributed by atoms with van der Waals surface area (Å²) in [6.45, 7) is 17.5. The molecule has 15 nitrogen and oxygen atoms in total. The molecule has 2 aromatic carbocycles. The number of carbonyl (C=O) groups excluding carboxylic acids is 4. The Morgan fingerprint density at radius 1 is 0.972 bits per heavy atom. The van der Waals surface area contributed by atoms with Gasteiger partial charge in [-0.1, -0.05) is 72.7 Å². The molecule has 0 radical (unpaired) electrons. The predicted octanol–water partition coefficient (Wildman–Crippen LogP) is 7.98. The summed E-state index contributed by atoms with van der Waals surface area (Å²) in [6, 6.07) is 14.5. The smallest absolute Gasteiger partial charge is 0.419 e. The molecule has 0 unspecified atom stereocenters. The van der Waals surface area contributed by atoms with Crippen molar-refractivity contribution in [1.82, 2.24) is 30.8 Å². The van der Waals surface area contributed by atoms with E-state index >= 15 is 0 Å². The average Bonchev–Trinajstić information content (AvgIpc) is 3.94. The quantitative estimate of drug-likeness (QED) is 0.0569. The summed E-state index contributed by atoms with van der Waals surface area (Å²) in [5.74, 6) is -1.73. The van der Waals surface area contributed by atoms with Gasteiger partial charge in [0, 0.05) is 54.2 Å². The number of aromatic nitrogens is 2. The van der Waals surface area contributed by atoms with Crippen LogP contribution in [0.4, 0.5) is 18.9 Å². The van der Waals surface area contributed by atoms with Crippen molar-refractivity contribution in [2.75, 3.05) is 31.6 Å².